The fourth-order valence-corrected chi connectivity index (χ4v) is 3.74. The maximum absolute atomic E-state index is 14.0. The molecule has 6 heteroatoms. The van der Waals surface area contributed by atoms with Crippen molar-refractivity contribution in [3.05, 3.63) is 106 Å². The summed E-state index contributed by atoms with van der Waals surface area (Å²) in [6.07, 6.45) is 0. The Morgan fingerprint density at radius 1 is 0.871 bits per heavy atom. The maximum Gasteiger partial charge on any atom is 0.323 e. The van der Waals surface area contributed by atoms with Crippen LogP contribution in [0.5, 0.6) is 5.75 Å². The predicted molar refractivity (Wildman–Crippen MR) is 121 cm³/mol. The second kappa shape index (κ2) is 7.99. The van der Waals surface area contributed by atoms with Crippen molar-refractivity contribution in [2.24, 2.45) is 0 Å². The van der Waals surface area contributed by atoms with Gasteiger partial charge in [-0.25, -0.2) is 9.18 Å². The van der Waals surface area contributed by atoms with E-state index in [1.807, 2.05) is 42.5 Å². The first-order valence-corrected chi connectivity index (χ1v) is 10.00. The predicted octanol–water partition coefficient (Wildman–Crippen LogP) is 5.34. The van der Waals surface area contributed by atoms with E-state index in [0.717, 1.165) is 33.1 Å². The molecule has 0 spiro atoms. The molecule has 0 fully saturated rings. The van der Waals surface area contributed by atoms with Crippen LogP contribution in [-0.4, -0.2) is 9.97 Å². The number of imidazole rings is 1. The van der Waals surface area contributed by atoms with E-state index >= 15 is 0 Å². The van der Waals surface area contributed by atoms with Crippen molar-refractivity contribution in [3.8, 4) is 5.75 Å². The second-order valence-electron chi connectivity index (χ2n) is 7.34. The van der Waals surface area contributed by atoms with Gasteiger partial charge in [-0.05, 0) is 41.1 Å². The topological polar surface area (TPSA) is 69.9 Å². The molecule has 0 saturated heterocycles. The third-order valence-corrected chi connectivity index (χ3v) is 5.32. The molecule has 0 bridgehead atoms. The minimum Gasteiger partial charge on any atom is -0.488 e. The summed E-state index contributed by atoms with van der Waals surface area (Å²) in [7, 11) is 0. The summed E-state index contributed by atoms with van der Waals surface area (Å²) in [6, 6.07) is 24.3. The Hall–Kier alpha value is -4.06. The Labute approximate surface area is 177 Å². The Kier molecular flexibility index (Phi) is 4.88. The molecule has 5 nitrogen and oxygen atoms in total. The van der Waals surface area contributed by atoms with Crippen LogP contribution in [-0.2, 0) is 13.2 Å². The molecule has 154 valence electrons. The Morgan fingerprint density at radius 2 is 1.68 bits per heavy atom. The lowest BCUT2D eigenvalue weighted by Gasteiger charge is -2.16. The lowest BCUT2D eigenvalue weighted by Crippen LogP contribution is -2.05. The minimum atomic E-state index is -0.281. The van der Waals surface area contributed by atoms with Crippen molar-refractivity contribution < 1.29 is 9.13 Å². The standard InChI is InChI=1S/C25H20FN3O2/c26-21-8-4-2-6-17(21)15-31-24-12-9-16-5-1-3-7-19(16)20(24)14-27-18-10-11-22-23(13-18)29-25(30)28-22/h1-13,27H,14-15H2,(H2,28,29,30). The van der Waals surface area contributed by atoms with Crippen LogP contribution in [0.4, 0.5) is 10.1 Å². The fourth-order valence-electron chi connectivity index (χ4n) is 3.74. The molecule has 0 aliphatic heterocycles. The van der Waals surface area contributed by atoms with Crippen molar-refractivity contribution in [1.82, 2.24) is 9.97 Å². The quantitative estimate of drug-likeness (QED) is 0.352. The first kappa shape index (κ1) is 18.9. The van der Waals surface area contributed by atoms with Gasteiger partial charge in [0, 0.05) is 23.4 Å². The van der Waals surface area contributed by atoms with Crippen LogP contribution in [0.3, 0.4) is 0 Å². The number of ether oxygens (including phenoxy) is 1. The fraction of sp³-hybridized carbons (Fsp3) is 0.0800. The number of aromatic nitrogens is 2. The molecule has 5 aromatic rings. The monoisotopic (exact) mass is 413 g/mol. The van der Waals surface area contributed by atoms with Crippen molar-refractivity contribution in [1.29, 1.82) is 0 Å². The molecule has 0 radical (unpaired) electrons. The van der Waals surface area contributed by atoms with Gasteiger partial charge in [0.05, 0.1) is 11.0 Å². The van der Waals surface area contributed by atoms with Crippen LogP contribution >= 0.6 is 0 Å². The summed E-state index contributed by atoms with van der Waals surface area (Å²) in [6.45, 7) is 0.655. The molecule has 0 atom stereocenters. The van der Waals surface area contributed by atoms with Gasteiger partial charge in [0.1, 0.15) is 18.2 Å². The summed E-state index contributed by atoms with van der Waals surface area (Å²) in [5.41, 5.74) is 3.63. The SMILES string of the molecule is O=c1[nH]c2ccc(NCc3c(OCc4ccccc4F)ccc4ccccc34)cc2[nH]1. The Bertz CT molecular complexity index is 1440. The van der Waals surface area contributed by atoms with Gasteiger partial charge in [-0.3, -0.25) is 0 Å². The third kappa shape index (κ3) is 3.88. The van der Waals surface area contributed by atoms with E-state index in [2.05, 4.69) is 27.4 Å². The highest BCUT2D eigenvalue weighted by molar-refractivity contribution is 5.88. The molecule has 5 rings (SSSR count). The number of fused-ring (bicyclic) bond motifs is 2. The number of anilines is 1. The van der Waals surface area contributed by atoms with Crippen LogP contribution in [0, 0.1) is 5.82 Å². The number of hydrogen-bond donors (Lipinski definition) is 3. The van der Waals surface area contributed by atoms with Gasteiger partial charge in [-0.2, -0.15) is 0 Å². The number of aromatic amines is 2. The van der Waals surface area contributed by atoms with Gasteiger partial charge in [-0.1, -0.05) is 48.5 Å². The van der Waals surface area contributed by atoms with E-state index in [1.54, 1.807) is 18.2 Å². The normalized spacial score (nSPS) is 11.1. The molecule has 0 aliphatic carbocycles. The molecule has 3 N–H and O–H groups in total. The molecule has 0 aliphatic rings. The van der Waals surface area contributed by atoms with Crippen LogP contribution in [0.1, 0.15) is 11.1 Å². The number of halogens is 1. The van der Waals surface area contributed by atoms with Gasteiger partial charge in [0.15, 0.2) is 0 Å². The number of hydrogen-bond acceptors (Lipinski definition) is 3. The number of benzene rings is 4. The van der Waals surface area contributed by atoms with Crippen molar-refractivity contribution in [2.45, 2.75) is 13.2 Å². The molecular formula is C25H20FN3O2. The highest BCUT2D eigenvalue weighted by atomic mass is 19.1. The molecule has 31 heavy (non-hydrogen) atoms. The van der Waals surface area contributed by atoms with E-state index < -0.39 is 0 Å². The van der Waals surface area contributed by atoms with Gasteiger partial charge < -0.3 is 20.0 Å². The molecule has 0 amide bonds. The first-order valence-electron chi connectivity index (χ1n) is 10.00. The summed E-state index contributed by atoms with van der Waals surface area (Å²) in [4.78, 5) is 17.0. The lowest BCUT2D eigenvalue weighted by molar-refractivity contribution is 0.297. The second-order valence-corrected chi connectivity index (χ2v) is 7.34. The third-order valence-electron chi connectivity index (χ3n) is 5.32. The van der Waals surface area contributed by atoms with Gasteiger partial charge in [0.2, 0.25) is 0 Å². The highest BCUT2D eigenvalue weighted by Crippen LogP contribution is 2.30. The number of nitrogens with one attached hydrogen (secondary N) is 3. The largest absolute Gasteiger partial charge is 0.488 e. The molecule has 1 aromatic heterocycles. The summed E-state index contributed by atoms with van der Waals surface area (Å²) in [5, 5.41) is 5.58. The number of rotatable bonds is 6. The van der Waals surface area contributed by atoms with E-state index in [-0.39, 0.29) is 18.1 Å². The van der Waals surface area contributed by atoms with Crippen molar-refractivity contribution in [3.63, 3.8) is 0 Å². The van der Waals surface area contributed by atoms with E-state index in [9.17, 15) is 9.18 Å². The maximum atomic E-state index is 14.0. The zero-order chi connectivity index (χ0) is 21.2. The highest BCUT2D eigenvalue weighted by Gasteiger charge is 2.11. The van der Waals surface area contributed by atoms with Crippen LogP contribution in [0.2, 0.25) is 0 Å². The Balaban J connectivity index is 1.45. The summed E-state index contributed by atoms with van der Waals surface area (Å²) >= 11 is 0. The zero-order valence-corrected chi connectivity index (χ0v) is 16.6. The van der Waals surface area contributed by atoms with Crippen LogP contribution < -0.4 is 15.7 Å². The number of H-pyrrole nitrogens is 2. The molecule has 0 unspecified atom stereocenters. The summed E-state index contributed by atoms with van der Waals surface area (Å²) < 4.78 is 20.1. The molecule has 4 aromatic carbocycles. The molecule has 1 heterocycles. The minimum absolute atomic E-state index is 0.147. The first-order chi connectivity index (χ1) is 15.2. The van der Waals surface area contributed by atoms with E-state index in [1.165, 1.54) is 6.07 Å². The zero-order valence-electron chi connectivity index (χ0n) is 16.6. The van der Waals surface area contributed by atoms with Crippen LogP contribution in [0.15, 0.2) is 83.7 Å². The van der Waals surface area contributed by atoms with Gasteiger partial charge in [0.25, 0.3) is 0 Å². The van der Waals surface area contributed by atoms with E-state index in [4.69, 9.17) is 4.74 Å². The van der Waals surface area contributed by atoms with E-state index in [0.29, 0.717) is 17.9 Å². The van der Waals surface area contributed by atoms with Crippen LogP contribution in [0.25, 0.3) is 21.8 Å². The van der Waals surface area contributed by atoms with Gasteiger partial charge >= 0.3 is 5.69 Å². The van der Waals surface area contributed by atoms with Crippen molar-refractivity contribution >= 4 is 27.5 Å². The molecule has 0 saturated carbocycles. The van der Waals surface area contributed by atoms with Crippen molar-refractivity contribution in [2.75, 3.05) is 5.32 Å². The average molecular weight is 413 g/mol. The van der Waals surface area contributed by atoms with Gasteiger partial charge in [-0.15, -0.1) is 0 Å². The molecular weight excluding hydrogens is 393 g/mol. The Morgan fingerprint density at radius 3 is 2.58 bits per heavy atom. The lowest BCUT2D eigenvalue weighted by atomic mass is 10.0. The average Bonchev–Trinajstić information content (AvgIpc) is 3.16. The summed E-state index contributed by atoms with van der Waals surface area (Å²) in [5.74, 6) is 0.419. The smallest absolute Gasteiger partial charge is 0.323 e.